The summed E-state index contributed by atoms with van der Waals surface area (Å²) in [5.41, 5.74) is -0.158. The molecule has 4 nitrogen and oxygen atoms in total. The molecule has 1 atom stereocenters. The van der Waals surface area contributed by atoms with E-state index in [1.807, 2.05) is 20.8 Å². The first-order valence-corrected chi connectivity index (χ1v) is 8.94. The Bertz CT molecular complexity index is 644. The second-order valence-electron chi connectivity index (χ2n) is 5.27. The summed E-state index contributed by atoms with van der Waals surface area (Å²) < 4.78 is 36.8. The molecule has 0 aromatic heterocycles. The van der Waals surface area contributed by atoms with Crippen LogP contribution in [0.1, 0.15) is 43.1 Å². The summed E-state index contributed by atoms with van der Waals surface area (Å²) in [5.74, 6) is -1.23. The fraction of sp³-hybridized carbons (Fsp3) is 0.500. The Kier molecular flexibility index (Phi) is 5.75. The highest BCUT2D eigenvalue weighted by molar-refractivity contribution is 8.13. The molecule has 0 aliphatic carbocycles. The van der Waals surface area contributed by atoms with Gasteiger partial charge in [0.15, 0.2) is 0 Å². The average Bonchev–Trinajstić information content (AvgIpc) is 2.33. The zero-order chi connectivity index (χ0) is 16.4. The maximum Gasteiger partial charge on any atom is 0.261 e. The first-order valence-electron chi connectivity index (χ1n) is 6.63. The number of amides is 1. The van der Waals surface area contributed by atoms with Gasteiger partial charge in [0.2, 0.25) is 0 Å². The highest BCUT2D eigenvalue weighted by Gasteiger charge is 2.22. The van der Waals surface area contributed by atoms with E-state index in [0.29, 0.717) is 6.42 Å². The van der Waals surface area contributed by atoms with E-state index in [4.69, 9.17) is 10.7 Å². The Balaban J connectivity index is 3.22. The number of carbonyl (C=O) groups is 1. The molecule has 0 aliphatic heterocycles. The molecule has 1 aromatic carbocycles. The molecule has 1 aromatic rings. The molecule has 0 heterocycles. The minimum absolute atomic E-state index is 0.116. The molecule has 118 valence electrons. The zero-order valence-corrected chi connectivity index (χ0v) is 14.0. The van der Waals surface area contributed by atoms with Gasteiger partial charge in [-0.3, -0.25) is 4.79 Å². The van der Waals surface area contributed by atoms with Crippen molar-refractivity contribution in [3.63, 3.8) is 0 Å². The van der Waals surface area contributed by atoms with Crippen molar-refractivity contribution in [2.75, 3.05) is 0 Å². The van der Waals surface area contributed by atoms with Crippen LogP contribution in [0.4, 0.5) is 4.39 Å². The van der Waals surface area contributed by atoms with Crippen molar-refractivity contribution in [3.05, 3.63) is 29.1 Å². The zero-order valence-electron chi connectivity index (χ0n) is 12.4. The fourth-order valence-electron chi connectivity index (χ4n) is 2.08. The largest absolute Gasteiger partial charge is 0.349 e. The molecular formula is C14H19ClFNO3S. The van der Waals surface area contributed by atoms with Crippen LogP contribution in [-0.4, -0.2) is 20.4 Å². The van der Waals surface area contributed by atoms with Crippen molar-refractivity contribution in [3.8, 4) is 0 Å². The van der Waals surface area contributed by atoms with Crippen LogP contribution in [0.25, 0.3) is 0 Å². The molecule has 21 heavy (non-hydrogen) atoms. The molecule has 0 aliphatic rings. The van der Waals surface area contributed by atoms with Crippen LogP contribution in [-0.2, 0) is 9.05 Å². The Morgan fingerprint density at radius 1 is 1.38 bits per heavy atom. The normalized spacial score (nSPS) is 13.3. The van der Waals surface area contributed by atoms with Crippen molar-refractivity contribution >= 4 is 25.6 Å². The second kappa shape index (κ2) is 6.75. The van der Waals surface area contributed by atoms with E-state index in [-0.39, 0.29) is 28.0 Å². The lowest BCUT2D eigenvalue weighted by Gasteiger charge is -2.21. The SMILES string of the molecule is CCC(NC(=O)c1cc(S(=O)(=O)Cl)c(C)cc1F)C(C)C. The molecular weight excluding hydrogens is 317 g/mol. The van der Waals surface area contributed by atoms with Gasteiger partial charge < -0.3 is 5.32 Å². The average molecular weight is 336 g/mol. The molecule has 0 fully saturated rings. The first kappa shape index (κ1) is 17.9. The third-order valence-corrected chi connectivity index (χ3v) is 4.80. The standard InChI is InChI=1S/C14H19ClFNO3S/c1-5-12(8(2)3)17-14(18)10-7-13(21(15,19)20)9(4)6-11(10)16/h6-8,12H,5H2,1-4H3,(H,17,18). The number of carbonyl (C=O) groups excluding carboxylic acids is 1. The lowest BCUT2D eigenvalue weighted by Crippen LogP contribution is -2.38. The van der Waals surface area contributed by atoms with E-state index >= 15 is 0 Å². The molecule has 0 bridgehead atoms. The summed E-state index contributed by atoms with van der Waals surface area (Å²) in [6.45, 7) is 7.21. The van der Waals surface area contributed by atoms with Crippen molar-refractivity contribution in [2.45, 2.75) is 45.1 Å². The summed E-state index contributed by atoms with van der Waals surface area (Å²) in [5, 5.41) is 2.70. The molecule has 1 N–H and O–H groups in total. The summed E-state index contributed by atoms with van der Waals surface area (Å²) in [6, 6.07) is 1.87. The number of hydrogen-bond acceptors (Lipinski definition) is 3. The van der Waals surface area contributed by atoms with Crippen LogP contribution in [0.3, 0.4) is 0 Å². The quantitative estimate of drug-likeness (QED) is 0.840. The Morgan fingerprint density at radius 3 is 2.38 bits per heavy atom. The molecule has 0 saturated carbocycles. The molecule has 7 heteroatoms. The Labute approximate surface area is 129 Å². The van der Waals surface area contributed by atoms with Gasteiger partial charge in [0.05, 0.1) is 10.5 Å². The van der Waals surface area contributed by atoms with Gasteiger partial charge in [-0.25, -0.2) is 12.8 Å². The van der Waals surface area contributed by atoms with Crippen LogP contribution in [0.15, 0.2) is 17.0 Å². The molecule has 1 amide bonds. The molecule has 0 radical (unpaired) electrons. The van der Waals surface area contributed by atoms with E-state index in [1.54, 1.807) is 0 Å². The lowest BCUT2D eigenvalue weighted by atomic mass is 10.0. The summed E-state index contributed by atoms with van der Waals surface area (Å²) in [6.07, 6.45) is 0.692. The van der Waals surface area contributed by atoms with Crippen molar-refractivity contribution in [2.24, 2.45) is 5.92 Å². The summed E-state index contributed by atoms with van der Waals surface area (Å²) in [7, 11) is 1.26. The number of aryl methyl sites for hydroxylation is 1. The summed E-state index contributed by atoms with van der Waals surface area (Å²) in [4.78, 5) is 11.9. The number of rotatable bonds is 5. The van der Waals surface area contributed by atoms with Gasteiger partial charge in [0.25, 0.3) is 15.0 Å². The van der Waals surface area contributed by atoms with Crippen molar-refractivity contribution < 1.29 is 17.6 Å². The second-order valence-corrected chi connectivity index (χ2v) is 7.80. The predicted molar refractivity (Wildman–Crippen MR) is 80.6 cm³/mol. The third kappa shape index (κ3) is 4.41. The number of halogens is 2. The van der Waals surface area contributed by atoms with Gasteiger partial charge in [-0.2, -0.15) is 0 Å². The predicted octanol–water partition coefficient (Wildman–Crippen LogP) is 3.23. The van der Waals surface area contributed by atoms with E-state index in [2.05, 4.69) is 5.32 Å². The highest BCUT2D eigenvalue weighted by atomic mass is 35.7. The number of hydrogen-bond donors (Lipinski definition) is 1. The Hall–Kier alpha value is -1.14. The smallest absolute Gasteiger partial charge is 0.261 e. The third-order valence-electron chi connectivity index (χ3n) is 3.33. The van der Waals surface area contributed by atoms with Crippen LogP contribution in [0.5, 0.6) is 0 Å². The maximum absolute atomic E-state index is 13.9. The maximum atomic E-state index is 13.9. The Morgan fingerprint density at radius 2 is 1.95 bits per heavy atom. The number of benzene rings is 1. The van der Waals surface area contributed by atoms with Crippen LogP contribution >= 0.6 is 10.7 Å². The van der Waals surface area contributed by atoms with Gasteiger partial charge in [-0.05, 0) is 37.0 Å². The molecule has 0 saturated heterocycles. The molecule has 0 spiro atoms. The minimum atomic E-state index is -4.03. The van der Waals surface area contributed by atoms with Gasteiger partial charge in [0, 0.05) is 16.7 Å². The van der Waals surface area contributed by atoms with E-state index < -0.39 is 20.8 Å². The van der Waals surface area contributed by atoms with Gasteiger partial charge in [-0.1, -0.05) is 20.8 Å². The fourth-order valence-corrected chi connectivity index (χ4v) is 3.28. The minimum Gasteiger partial charge on any atom is -0.349 e. The van der Waals surface area contributed by atoms with E-state index in [9.17, 15) is 17.6 Å². The number of nitrogens with one attached hydrogen (secondary N) is 1. The van der Waals surface area contributed by atoms with E-state index in [1.165, 1.54) is 6.92 Å². The van der Waals surface area contributed by atoms with Crippen LogP contribution < -0.4 is 5.32 Å². The lowest BCUT2D eigenvalue weighted by molar-refractivity contribution is 0.0920. The van der Waals surface area contributed by atoms with E-state index in [0.717, 1.165) is 12.1 Å². The molecule has 1 unspecified atom stereocenters. The van der Waals surface area contributed by atoms with Crippen molar-refractivity contribution in [1.82, 2.24) is 5.32 Å². The summed E-state index contributed by atoms with van der Waals surface area (Å²) >= 11 is 0. The highest BCUT2D eigenvalue weighted by Crippen LogP contribution is 2.23. The van der Waals surface area contributed by atoms with Gasteiger partial charge in [0.1, 0.15) is 5.82 Å². The van der Waals surface area contributed by atoms with Crippen LogP contribution in [0.2, 0.25) is 0 Å². The first-order chi connectivity index (χ1) is 9.57. The monoisotopic (exact) mass is 335 g/mol. The van der Waals surface area contributed by atoms with Crippen molar-refractivity contribution in [1.29, 1.82) is 0 Å². The van der Waals surface area contributed by atoms with Gasteiger partial charge >= 0.3 is 0 Å². The van der Waals surface area contributed by atoms with Crippen LogP contribution in [0, 0.1) is 18.7 Å². The molecule has 1 rings (SSSR count). The topological polar surface area (TPSA) is 63.2 Å². The van der Waals surface area contributed by atoms with Gasteiger partial charge in [-0.15, -0.1) is 0 Å².